The van der Waals surface area contributed by atoms with Gasteiger partial charge in [0.05, 0.1) is 34.6 Å². The van der Waals surface area contributed by atoms with Gasteiger partial charge in [0.2, 0.25) is 0 Å². The molecular weight excluding hydrogens is 805 g/mol. The highest BCUT2D eigenvalue weighted by Crippen LogP contribution is 2.44. The summed E-state index contributed by atoms with van der Waals surface area (Å²) in [4.78, 5) is 7.16. The second-order valence-electron chi connectivity index (χ2n) is 18.4. The minimum atomic E-state index is -2.74. The fourth-order valence-corrected chi connectivity index (χ4v) is 10.0. The lowest BCUT2D eigenvalue weighted by Crippen LogP contribution is -2.14. The molecule has 0 aliphatic carbocycles. The minimum Gasteiger partial charge on any atom is -0.457 e. The van der Waals surface area contributed by atoms with Crippen molar-refractivity contribution in [3.8, 4) is 28.4 Å². The van der Waals surface area contributed by atoms with Gasteiger partial charge in [-0.3, -0.25) is 4.57 Å². The lowest BCUT2D eigenvalue weighted by molar-refractivity contribution is 0.483. The molecule has 0 fully saturated rings. The van der Waals surface area contributed by atoms with E-state index in [4.69, 9.17) is 20.7 Å². The third kappa shape index (κ3) is 6.41. The van der Waals surface area contributed by atoms with E-state index in [1.165, 1.54) is 55.8 Å². The van der Waals surface area contributed by atoms with Gasteiger partial charge in [-0.25, -0.2) is 4.98 Å². The third-order valence-corrected chi connectivity index (χ3v) is 13.2. The van der Waals surface area contributed by atoms with E-state index in [1.54, 1.807) is 0 Å². The number of aryl methyl sites for hydroxylation is 3. The van der Waals surface area contributed by atoms with E-state index in [9.17, 15) is 0 Å². The molecule has 5 nitrogen and oxygen atoms in total. The molecule has 3 aromatic heterocycles. The molecule has 4 heterocycles. The summed E-state index contributed by atoms with van der Waals surface area (Å²) in [6.07, 6.45) is 1.31. The Labute approximate surface area is 396 Å². The highest BCUT2D eigenvalue weighted by molar-refractivity contribution is 6.21. The lowest BCUT2D eigenvalue weighted by Gasteiger charge is -2.21. The van der Waals surface area contributed by atoms with Crippen LogP contribution in [0.3, 0.4) is 0 Å². The van der Waals surface area contributed by atoms with Crippen LogP contribution in [-0.4, -0.2) is 14.1 Å². The molecule has 0 radical (unpaired) electrons. The summed E-state index contributed by atoms with van der Waals surface area (Å²) >= 11 is 0. The van der Waals surface area contributed by atoms with Crippen LogP contribution in [-0.2, 0) is 12.1 Å². The van der Waals surface area contributed by atoms with Gasteiger partial charge in [0.1, 0.15) is 24.0 Å². The van der Waals surface area contributed by atoms with Gasteiger partial charge in [-0.2, -0.15) is 0 Å². The van der Waals surface area contributed by atoms with Crippen LogP contribution in [0, 0.1) is 20.7 Å². The molecule has 11 aromatic rings. The van der Waals surface area contributed by atoms with E-state index >= 15 is 0 Å². The normalized spacial score (nSPS) is 14.5. The molecule has 0 amide bonds. The van der Waals surface area contributed by atoms with Crippen LogP contribution in [0.15, 0.2) is 182 Å². The number of ether oxygens (including phenoxy) is 1. The van der Waals surface area contributed by atoms with Crippen LogP contribution < -0.4 is 9.64 Å². The molecular formula is C61H50N4O. The van der Waals surface area contributed by atoms with Gasteiger partial charge < -0.3 is 14.2 Å². The Morgan fingerprint density at radius 1 is 0.591 bits per heavy atom. The van der Waals surface area contributed by atoms with Gasteiger partial charge in [-0.15, -0.1) is 0 Å². The molecule has 0 spiro atoms. The Kier molecular flexibility index (Phi) is 7.29. The first-order chi connectivity index (χ1) is 35.4. The first-order valence-electron chi connectivity index (χ1n) is 26.3. The summed E-state index contributed by atoms with van der Waals surface area (Å²) < 4.78 is 79.4. The van der Waals surface area contributed by atoms with Crippen molar-refractivity contribution in [3.05, 3.63) is 204 Å². The van der Waals surface area contributed by atoms with Gasteiger partial charge in [-0.1, -0.05) is 141 Å². The number of pyridine rings is 1. The fraction of sp³-hybridized carbons (Fsp3) is 0.131. The van der Waals surface area contributed by atoms with Gasteiger partial charge in [-0.05, 0) is 118 Å². The zero-order chi connectivity index (χ0) is 51.7. The average molecular weight is 863 g/mol. The number of anilines is 2. The number of nitrogens with zero attached hydrogens (tertiary/aromatic N) is 4. The molecule has 320 valence electrons. The Morgan fingerprint density at radius 2 is 1.32 bits per heavy atom. The fourth-order valence-electron chi connectivity index (χ4n) is 10.0. The first-order valence-corrected chi connectivity index (χ1v) is 22.3. The van der Waals surface area contributed by atoms with Gasteiger partial charge in [0.15, 0.2) is 0 Å². The van der Waals surface area contributed by atoms with Crippen molar-refractivity contribution < 1.29 is 15.7 Å². The second-order valence-corrected chi connectivity index (χ2v) is 18.4. The number of rotatable bonds is 5. The average Bonchev–Trinajstić information content (AvgIpc) is 3.97. The molecule has 1 aliphatic rings. The number of hydrogen-bond donors (Lipinski definition) is 0. The third-order valence-electron chi connectivity index (χ3n) is 13.2. The summed E-state index contributed by atoms with van der Waals surface area (Å²) in [6.45, 7) is 8.63. The maximum atomic E-state index is 8.69. The van der Waals surface area contributed by atoms with Gasteiger partial charge in [0, 0.05) is 55.2 Å². The number of aromatic nitrogens is 3. The molecule has 66 heavy (non-hydrogen) atoms. The second kappa shape index (κ2) is 15.1. The van der Waals surface area contributed by atoms with E-state index in [1.807, 2.05) is 41.0 Å². The van der Waals surface area contributed by atoms with E-state index < -0.39 is 37.1 Å². The quantitative estimate of drug-likeness (QED) is 0.173. The Bertz CT molecular complexity index is 4250. The molecule has 5 heteroatoms. The van der Waals surface area contributed by atoms with Crippen molar-refractivity contribution in [1.29, 1.82) is 0 Å². The van der Waals surface area contributed by atoms with Crippen LogP contribution in [0.5, 0.6) is 11.5 Å². The van der Waals surface area contributed by atoms with Crippen molar-refractivity contribution in [2.75, 3.05) is 4.90 Å². The lowest BCUT2D eigenvalue weighted by atomic mass is 9.86. The van der Waals surface area contributed by atoms with Gasteiger partial charge in [0.25, 0.3) is 0 Å². The smallest absolute Gasteiger partial charge is 0.137 e. The molecule has 0 bridgehead atoms. The van der Waals surface area contributed by atoms with Crippen molar-refractivity contribution in [3.63, 3.8) is 0 Å². The summed E-state index contributed by atoms with van der Waals surface area (Å²) in [7, 11) is 0. The van der Waals surface area contributed by atoms with E-state index in [-0.39, 0.29) is 27.9 Å². The molecule has 0 N–H and O–H groups in total. The topological polar surface area (TPSA) is 35.2 Å². The highest BCUT2D eigenvalue weighted by Gasteiger charge is 2.25. The highest BCUT2D eigenvalue weighted by atomic mass is 16.5. The predicted molar refractivity (Wildman–Crippen MR) is 278 cm³/mol. The summed E-state index contributed by atoms with van der Waals surface area (Å²) in [5.74, 6) is 1.45. The Balaban J connectivity index is 1.00. The summed E-state index contributed by atoms with van der Waals surface area (Å²) in [5, 5.41) is 8.91. The Morgan fingerprint density at radius 3 is 2.14 bits per heavy atom. The standard InChI is InChI=1S/C61H50N4O/c1-38-25-28-48-46-20-10-11-21-47(46)50-23-14-24-56-60(50)64(59-39(2)15-12-22-51(59)52(48)31-38)37-63(56)43-18-13-19-44(34-43)66-45-27-29-49-53-33-42(61(4,5)6)26-30-55(53)65(57(49)35-45)58-32-40(3)54(36-62-58)41-16-8-7-9-17-41/h7-36H,37H2,1-6H3/i3D3,7D,8D,9D,16D,17D. The molecule has 1 aliphatic heterocycles. The summed E-state index contributed by atoms with van der Waals surface area (Å²) in [6, 6.07) is 47.7. The minimum absolute atomic E-state index is 0.0572. The van der Waals surface area contributed by atoms with Crippen LogP contribution in [0.25, 0.3) is 82.1 Å². The largest absolute Gasteiger partial charge is 0.457 e. The van der Waals surface area contributed by atoms with Crippen LogP contribution in [0.1, 0.15) is 54.0 Å². The maximum absolute atomic E-state index is 8.69. The maximum Gasteiger partial charge on any atom is 0.137 e. The van der Waals surface area contributed by atoms with E-state index in [0.29, 0.717) is 23.7 Å². The first kappa shape index (κ1) is 31.9. The molecule has 0 saturated carbocycles. The predicted octanol–water partition coefficient (Wildman–Crippen LogP) is 16.5. The zero-order valence-electron chi connectivity index (χ0n) is 45.3. The van der Waals surface area contributed by atoms with Crippen molar-refractivity contribution in [2.45, 2.75) is 53.6 Å². The summed E-state index contributed by atoms with van der Waals surface area (Å²) in [5.41, 5.74) is 8.67. The van der Waals surface area contributed by atoms with Crippen molar-refractivity contribution in [2.24, 2.45) is 0 Å². The zero-order valence-corrected chi connectivity index (χ0v) is 37.3. The molecule has 8 aromatic carbocycles. The number of para-hydroxylation sites is 2. The van der Waals surface area contributed by atoms with Crippen molar-refractivity contribution >= 4 is 76.5 Å². The van der Waals surface area contributed by atoms with Crippen molar-refractivity contribution in [1.82, 2.24) is 14.1 Å². The van der Waals surface area contributed by atoms with E-state index in [0.717, 1.165) is 44.1 Å². The number of benzene rings is 8. The van der Waals surface area contributed by atoms with Crippen LogP contribution in [0.2, 0.25) is 0 Å². The monoisotopic (exact) mass is 862 g/mol. The van der Waals surface area contributed by atoms with Gasteiger partial charge >= 0.3 is 0 Å². The molecule has 0 saturated heterocycles. The molecule has 12 rings (SSSR count). The van der Waals surface area contributed by atoms with Crippen LogP contribution >= 0.6 is 0 Å². The molecule has 0 unspecified atom stereocenters. The Hall–Kier alpha value is -7.89. The number of hydrogen-bond acceptors (Lipinski definition) is 3. The molecule has 0 atom stereocenters. The number of fused-ring (bicyclic) bond motifs is 10. The SMILES string of the molecule is [2H]c1c([2H])c([2H])c(-c2cnc(-n3c4ccc(C(C)(C)C)cc4c4ccc(Oc5cccc(N6Cn7c8c(C)cccc8c8cc(C)ccc8c8ccccc8c8cccc6c87)c5)cc43)cc2C([2H])([2H])[2H])c([2H])c1[2H]. The van der Waals surface area contributed by atoms with E-state index in [2.05, 4.69) is 147 Å². The van der Waals surface area contributed by atoms with Crippen LogP contribution in [0.4, 0.5) is 11.4 Å².